The van der Waals surface area contributed by atoms with Crippen LogP contribution in [0.4, 0.5) is 9.93 Å². The molecule has 2 aliphatic rings. The average Bonchev–Trinajstić information content (AvgIpc) is 3.60. The van der Waals surface area contributed by atoms with Gasteiger partial charge in [-0.05, 0) is 42.4 Å². The molecule has 3 N–H and O–H groups in total. The van der Waals surface area contributed by atoms with Crippen LogP contribution in [0.1, 0.15) is 32.9 Å². The first-order valence-corrected chi connectivity index (χ1v) is 17.1. The van der Waals surface area contributed by atoms with Gasteiger partial charge in [-0.15, -0.1) is 53.0 Å². The van der Waals surface area contributed by atoms with E-state index in [1.807, 2.05) is 32.8 Å². The molecule has 262 valence electrons. The summed E-state index contributed by atoms with van der Waals surface area (Å²) in [5.74, 6) is -0.722. The predicted octanol–water partition coefficient (Wildman–Crippen LogP) is 2.19. The van der Waals surface area contributed by atoms with E-state index >= 15 is 0 Å². The summed E-state index contributed by atoms with van der Waals surface area (Å²) in [6.07, 6.45) is -1.63. The van der Waals surface area contributed by atoms with E-state index in [0.29, 0.717) is 46.2 Å². The molecule has 3 atom stereocenters. The van der Waals surface area contributed by atoms with E-state index in [0.717, 1.165) is 6.54 Å². The number of ether oxygens (including phenoxy) is 3. The van der Waals surface area contributed by atoms with Crippen LogP contribution in [-0.4, -0.2) is 115 Å². The van der Waals surface area contributed by atoms with Gasteiger partial charge in [0.15, 0.2) is 5.13 Å². The highest BCUT2D eigenvalue weighted by Gasteiger charge is 2.54. The van der Waals surface area contributed by atoms with Crippen LogP contribution >= 0.6 is 59.7 Å². The Morgan fingerprint density at radius 1 is 1.21 bits per heavy atom. The number of β-lactam (4-membered cyclic amide) rings is 1. The summed E-state index contributed by atoms with van der Waals surface area (Å²) in [5, 5.41) is 16.7. The highest BCUT2D eigenvalue weighted by Crippen LogP contribution is 2.42. The molecule has 1 saturated heterocycles. The molecule has 4 rings (SSSR count). The molecule has 16 nitrogen and oxygen atoms in total. The maximum Gasteiger partial charge on any atom is 0.511 e. The number of hydrogen-bond acceptors (Lipinski definition) is 16. The van der Waals surface area contributed by atoms with Gasteiger partial charge in [-0.3, -0.25) is 14.5 Å². The van der Waals surface area contributed by atoms with Crippen molar-refractivity contribution in [3.63, 3.8) is 0 Å². The van der Waals surface area contributed by atoms with Crippen LogP contribution in [0, 0.1) is 5.92 Å². The zero-order valence-corrected chi connectivity index (χ0v) is 30.5. The molecule has 1 fully saturated rings. The van der Waals surface area contributed by atoms with E-state index in [1.54, 1.807) is 10.1 Å². The molecule has 1 unspecified atom stereocenters. The number of carbonyl (C=O) groups excluding carboxylic acids is 4. The van der Waals surface area contributed by atoms with Crippen molar-refractivity contribution in [2.24, 2.45) is 5.92 Å². The summed E-state index contributed by atoms with van der Waals surface area (Å²) in [5.41, 5.74) is 6.80. The average molecular weight is 757 g/mol. The molecule has 0 spiro atoms. The van der Waals surface area contributed by atoms with Crippen LogP contribution in [0.25, 0.3) is 0 Å². The Hall–Kier alpha value is -2.84. The number of thiazole rings is 1. The third kappa shape index (κ3) is 11.1. The Bertz CT molecular complexity index is 1430. The van der Waals surface area contributed by atoms with Crippen molar-refractivity contribution in [3.8, 4) is 0 Å². The van der Waals surface area contributed by atoms with Crippen molar-refractivity contribution in [2.75, 3.05) is 44.5 Å². The molecule has 21 heteroatoms. The number of nitrogen functional groups attached to an aromatic ring is 1. The molecule has 0 radical (unpaired) electrons. The second-order valence-corrected chi connectivity index (χ2v) is 13.8. The number of halogens is 2. The number of hydrogen-bond donors (Lipinski definition) is 2. The van der Waals surface area contributed by atoms with Gasteiger partial charge in [0.25, 0.3) is 5.91 Å². The second kappa shape index (κ2) is 18.6. The normalized spacial score (nSPS) is 17.7. The Kier molecular flexibility index (Phi) is 16.0. The van der Waals surface area contributed by atoms with Gasteiger partial charge >= 0.3 is 12.1 Å². The standard InChI is InChI=1S/C26H37N9O7S3.2ClH/c1-14(2)6-9-40-26(39)42-15(3)41-23(38)20-16(12-45-25-30-31-32-34(25)8-7-33(4)5)11-43-22-19(21(37)35(20)22)29-18(36)10-17-13-44-24(27)28-17;;/h13-15,19,22H,6-12H2,1-5H3,(H2,27,28)(H,29,36);2*1H/t15?,19-,22+;;/m1../s1. The smallest absolute Gasteiger partial charge is 0.434 e. The first-order chi connectivity index (χ1) is 21.4. The first kappa shape index (κ1) is 40.3. The van der Waals surface area contributed by atoms with Crippen molar-refractivity contribution in [2.45, 2.75) is 63.0 Å². The number of nitrogens with zero attached hydrogens (tertiary/aromatic N) is 7. The molecular formula is C26H39Cl2N9O7S3. The monoisotopic (exact) mass is 755 g/mol. The van der Waals surface area contributed by atoms with E-state index in [9.17, 15) is 19.2 Å². The van der Waals surface area contributed by atoms with Gasteiger partial charge in [-0.2, -0.15) is 0 Å². The van der Waals surface area contributed by atoms with Crippen LogP contribution in [0.15, 0.2) is 21.8 Å². The lowest BCUT2D eigenvalue weighted by atomic mass is 10.0. The number of amides is 2. The van der Waals surface area contributed by atoms with E-state index in [1.165, 1.54) is 46.7 Å². The van der Waals surface area contributed by atoms with Gasteiger partial charge in [-0.1, -0.05) is 25.6 Å². The third-order valence-corrected chi connectivity index (χ3v) is 9.66. The van der Waals surface area contributed by atoms with Gasteiger partial charge < -0.3 is 30.2 Å². The van der Waals surface area contributed by atoms with Crippen molar-refractivity contribution in [1.82, 2.24) is 40.3 Å². The zero-order valence-electron chi connectivity index (χ0n) is 26.4. The topological polar surface area (TPSA) is 197 Å². The molecule has 2 aromatic heterocycles. The fourth-order valence-corrected chi connectivity index (χ4v) is 7.19. The number of anilines is 1. The van der Waals surface area contributed by atoms with Crippen LogP contribution in [0.3, 0.4) is 0 Å². The molecule has 2 amide bonds. The zero-order chi connectivity index (χ0) is 32.7. The minimum atomic E-state index is -1.28. The lowest BCUT2D eigenvalue weighted by Gasteiger charge is -2.49. The van der Waals surface area contributed by atoms with Crippen LogP contribution in [0.2, 0.25) is 0 Å². The maximum atomic E-state index is 13.5. The number of aromatic nitrogens is 5. The summed E-state index contributed by atoms with van der Waals surface area (Å²) < 4.78 is 17.3. The summed E-state index contributed by atoms with van der Waals surface area (Å²) >= 11 is 3.95. The highest BCUT2D eigenvalue weighted by molar-refractivity contribution is 8.01. The Morgan fingerprint density at radius 2 is 1.96 bits per heavy atom. The lowest BCUT2D eigenvalue weighted by molar-refractivity contribution is -0.169. The number of tetrazole rings is 1. The van der Waals surface area contributed by atoms with E-state index in [4.69, 9.17) is 19.9 Å². The van der Waals surface area contributed by atoms with Crippen molar-refractivity contribution >= 4 is 88.7 Å². The van der Waals surface area contributed by atoms with Gasteiger partial charge in [0.1, 0.15) is 17.1 Å². The Morgan fingerprint density at radius 3 is 2.62 bits per heavy atom. The molecule has 0 aromatic carbocycles. The molecule has 0 saturated carbocycles. The Balaban J connectivity index is 0.00000384. The largest absolute Gasteiger partial charge is 0.511 e. The number of thioether (sulfide) groups is 2. The van der Waals surface area contributed by atoms with Crippen molar-refractivity contribution in [3.05, 3.63) is 22.3 Å². The maximum absolute atomic E-state index is 13.5. The summed E-state index contributed by atoms with van der Waals surface area (Å²) in [6, 6.07) is -0.849. The highest BCUT2D eigenvalue weighted by atomic mass is 35.5. The molecule has 47 heavy (non-hydrogen) atoms. The predicted molar refractivity (Wildman–Crippen MR) is 181 cm³/mol. The SMILES string of the molecule is CC(C)CCOC(=O)OC(C)OC(=O)C1=C(CSc2nnnn2CCN(C)C)CS[C@H]2[C@H](NC(=O)Cc3csc(N)n3)C(=O)N12.Cl.Cl. The molecule has 4 heterocycles. The van der Waals surface area contributed by atoms with Gasteiger partial charge in [0, 0.05) is 30.4 Å². The first-order valence-electron chi connectivity index (χ1n) is 14.2. The van der Waals surface area contributed by atoms with Crippen LogP contribution in [-0.2, 0) is 41.6 Å². The van der Waals surface area contributed by atoms with Gasteiger partial charge in [0.2, 0.25) is 17.4 Å². The number of carbonyl (C=O) groups is 4. The Labute approximate surface area is 297 Å². The minimum absolute atomic E-state index is 0. The van der Waals surface area contributed by atoms with Crippen LogP contribution < -0.4 is 11.1 Å². The number of likely N-dealkylation sites (N-methyl/N-ethyl adjacent to an activating group) is 1. The second-order valence-electron chi connectivity index (χ2n) is 10.9. The quantitative estimate of drug-likeness (QED) is 0.116. The van der Waals surface area contributed by atoms with E-state index < -0.39 is 41.6 Å². The van der Waals surface area contributed by atoms with Crippen molar-refractivity contribution in [1.29, 1.82) is 0 Å². The number of rotatable bonds is 15. The lowest BCUT2D eigenvalue weighted by Crippen LogP contribution is -2.70. The molecule has 0 aliphatic carbocycles. The molecule has 2 aromatic rings. The number of nitrogens with two attached hydrogens (primary N) is 1. The van der Waals surface area contributed by atoms with E-state index in [2.05, 4.69) is 25.8 Å². The van der Waals surface area contributed by atoms with E-state index in [-0.39, 0.29) is 49.3 Å². The van der Waals surface area contributed by atoms with Crippen molar-refractivity contribution < 1.29 is 33.4 Å². The molecule has 0 bridgehead atoms. The summed E-state index contributed by atoms with van der Waals surface area (Å²) in [4.78, 5) is 59.1. The van der Waals surface area contributed by atoms with Gasteiger partial charge in [0.05, 0.1) is 25.3 Å². The number of esters is 1. The molecular weight excluding hydrogens is 717 g/mol. The fourth-order valence-electron chi connectivity index (χ4n) is 4.24. The van der Waals surface area contributed by atoms with Gasteiger partial charge in [-0.25, -0.2) is 19.3 Å². The minimum Gasteiger partial charge on any atom is -0.434 e. The van der Waals surface area contributed by atoms with Crippen LogP contribution in [0.5, 0.6) is 0 Å². The third-order valence-electron chi connectivity index (χ3n) is 6.55. The number of nitrogens with one attached hydrogen (secondary N) is 1. The fraction of sp³-hybridized carbons (Fsp3) is 0.615. The summed E-state index contributed by atoms with van der Waals surface area (Å²) in [6.45, 7) is 6.83. The molecule has 2 aliphatic heterocycles. The summed E-state index contributed by atoms with van der Waals surface area (Å²) in [7, 11) is 3.89. The number of fused-ring (bicyclic) bond motifs is 1.